The summed E-state index contributed by atoms with van der Waals surface area (Å²) in [5, 5.41) is 0. The minimum atomic E-state index is -0.523. The lowest BCUT2D eigenvalue weighted by Crippen LogP contribution is -2.45. The molecule has 0 aliphatic carbocycles. The zero-order chi connectivity index (χ0) is 18.6. The van der Waals surface area contributed by atoms with Gasteiger partial charge in [-0.3, -0.25) is 4.79 Å². The molecule has 0 radical (unpaired) electrons. The Labute approximate surface area is 155 Å². The minimum Gasteiger partial charge on any atom is -0.454 e. The van der Waals surface area contributed by atoms with Crippen molar-refractivity contribution in [3.8, 4) is 0 Å². The van der Waals surface area contributed by atoms with Gasteiger partial charge in [0.1, 0.15) is 11.7 Å². The van der Waals surface area contributed by atoms with Crippen LogP contribution in [0.2, 0.25) is 0 Å². The zero-order valence-electron chi connectivity index (χ0n) is 15.6. The number of esters is 1. The summed E-state index contributed by atoms with van der Waals surface area (Å²) in [6, 6.07) is 10.1. The number of cyclic esters (lactones) is 1. The lowest BCUT2D eigenvalue weighted by molar-refractivity contribution is -0.166. The van der Waals surface area contributed by atoms with E-state index in [1.54, 1.807) is 11.9 Å². The Morgan fingerprint density at radius 3 is 2.54 bits per heavy atom. The topological polar surface area (TPSA) is 59.1 Å². The number of benzene rings is 1. The summed E-state index contributed by atoms with van der Waals surface area (Å²) in [5.74, 6) is -0.150. The van der Waals surface area contributed by atoms with Gasteiger partial charge >= 0.3 is 12.1 Å². The second-order valence-corrected chi connectivity index (χ2v) is 7.20. The zero-order valence-corrected chi connectivity index (χ0v) is 15.6. The SMILES string of the molecule is CCC(=O)OC1(c2ccccc2)CCN(CCC2CN(C)C(=O)O2)CC1. The maximum absolute atomic E-state index is 12.0. The van der Waals surface area contributed by atoms with Gasteiger partial charge in [0, 0.05) is 45.9 Å². The number of hydrogen-bond acceptors (Lipinski definition) is 5. The standard InChI is InChI=1S/C20H28N2O4/c1-3-18(23)26-20(16-7-5-4-6-8-16)10-13-22(14-11-20)12-9-17-15-21(2)19(24)25-17/h4-8,17H,3,9-15H2,1-2H3. The van der Waals surface area contributed by atoms with Crippen molar-refractivity contribution in [1.29, 1.82) is 0 Å². The Kier molecular flexibility index (Phi) is 5.81. The molecular formula is C20H28N2O4. The van der Waals surface area contributed by atoms with Crippen LogP contribution in [0.15, 0.2) is 30.3 Å². The first-order valence-corrected chi connectivity index (χ1v) is 9.44. The van der Waals surface area contributed by atoms with E-state index in [1.165, 1.54) is 0 Å². The average molecular weight is 360 g/mol. The van der Waals surface area contributed by atoms with Crippen molar-refractivity contribution < 1.29 is 19.1 Å². The molecule has 142 valence electrons. The van der Waals surface area contributed by atoms with Crippen LogP contribution in [-0.2, 0) is 19.9 Å². The fourth-order valence-electron chi connectivity index (χ4n) is 3.75. The van der Waals surface area contributed by atoms with E-state index in [0.29, 0.717) is 13.0 Å². The van der Waals surface area contributed by atoms with Gasteiger partial charge in [-0.05, 0) is 12.0 Å². The number of likely N-dealkylation sites (N-methyl/N-ethyl adjacent to an activating group) is 1. The second-order valence-electron chi connectivity index (χ2n) is 7.20. The molecule has 1 aromatic carbocycles. The molecule has 1 amide bonds. The average Bonchev–Trinajstić information content (AvgIpc) is 2.99. The van der Waals surface area contributed by atoms with Crippen molar-refractivity contribution in [3.63, 3.8) is 0 Å². The van der Waals surface area contributed by atoms with Gasteiger partial charge in [0.05, 0.1) is 6.54 Å². The van der Waals surface area contributed by atoms with Crippen molar-refractivity contribution >= 4 is 12.1 Å². The highest BCUT2D eigenvalue weighted by molar-refractivity contribution is 5.70. The Bertz CT molecular complexity index is 626. The van der Waals surface area contributed by atoms with Crippen molar-refractivity contribution in [1.82, 2.24) is 9.80 Å². The highest BCUT2D eigenvalue weighted by Gasteiger charge is 2.39. The Balaban J connectivity index is 1.58. The van der Waals surface area contributed by atoms with Crippen molar-refractivity contribution in [2.45, 2.75) is 44.3 Å². The number of amides is 1. The summed E-state index contributed by atoms with van der Waals surface area (Å²) in [4.78, 5) is 27.4. The van der Waals surface area contributed by atoms with Crippen molar-refractivity contribution in [2.75, 3.05) is 33.2 Å². The van der Waals surface area contributed by atoms with Gasteiger partial charge in [-0.1, -0.05) is 37.3 Å². The quantitative estimate of drug-likeness (QED) is 0.730. The number of carbonyl (C=O) groups excluding carboxylic acids is 2. The summed E-state index contributed by atoms with van der Waals surface area (Å²) in [5.41, 5.74) is 0.554. The largest absolute Gasteiger partial charge is 0.454 e. The molecule has 2 aliphatic rings. The van der Waals surface area contributed by atoms with E-state index in [-0.39, 0.29) is 18.2 Å². The summed E-state index contributed by atoms with van der Waals surface area (Å²) >= 11 is 0. The molecule has 1 aromatic rings. The maximum atomic E-state index is 12.0. The normalized spacial score (nSPS) is 22.9. The predicted octanol–water partition coefficient (Wildman–Crippen LogP) is 2.77. The van der Waals surface area contributed by atoms with E-state index < -0.39 is 5.60 Å². The van der Waals surface area contributed by atoms with E-state index >= 15 is 0 Å². The molecule has 26 heavy (non-hydrogen) atoms. The molecule has 0 bridgehead atoms. The highest BCUT2D eigenvalue weighted by Crippen LogP contribution is 2.37. The van der Waals surface area contributed by atoms with Crippen LogP contribution >= 0.6 is 0 Å². The molecule has 1 atom stereocenters. The second kappa shape index (κ2) is 8.08. The number of rotatable bonds is 6. The maximum Gasteiger partial charge on any atom is 0.409 e. The molecule has 0 saturated carbocycles. The van der Waals surface area contributed by atoms with E-state index in [1.807, 2.05) is 37.3 Å². The molecule has 0 spiro atoms. The summed E-state index contributed by atoms with van der Waals surface area (Å²) < 4.78 is 11.3. The molecule has 0 N–H and O–H groups in total. The number of likely N-dealkylation sites (tertiary alicyclic amines) is 1. The van der Waals surface area contributed by atoms with E-state index in [2.05, 4.69) is 4.90 Å². The molecule has 1 unspecified atom stereocenters. The van der Waals surface area contributed by atoms with Gasteiger partial charge in [0.15, 0.2) is 0 Å². The lowest BCUT2D eigenvalue weighted by atomic mass is 9.84. The number of nitrogens with zero attached hydrogens (tertiary/aromatic N) is 2. The number of carbonyl (C=O) groups is 2. The van der Waals surface area contributed by atoms with Crippen LogP contribution in [0.4, 0.5) is 4.79 Å². The Morgan fingerprint density at radius 1 is 1.27 bits per heavy atom. The molecule has 2 fully saturated rings. The molecule has 2 aliphatic heterocycles. The van der Waals surface area contributed by atoms with Gasteiger partial charge in [-0.15, -0.1) is 0 Å². The molecule has 6 nitrogen and oxygen atoms in total. The smallest absolute Gasteiger partial charge is 0.409 e. The summed E-state index contributed by atoms with van der Waals surface area (Å²) in [6.07, 6.45) is 2.54. The third-order valence-electron chi connectivity index (χ3n) is 5.39. The summed E-state index contributed by atoms with van der Waals surface area (Å²) in [7, 11) is 1.76. The monoisotopic (exact) mass is 360 g/mol. The third-order valence-corrected chi connectivity index (χ3v) is 5.39. The fourth-order valence-corrected chi connectivity index (χ4v) is 3.75. The van der Waals surface area contributed by atoms with Crippen LogP contribution in [0.5, 0.6) is 0 Å². The van der Waals surface area contributed by atoms with Crippen molar-refractivity contribution in [3.05, 3.63) is 35.9 Å². The first-order chi connectivity index (χ1) is 12.5. The highest BCUT2D eigenvalue weighted by atomic mass is 16.6. The molecule has 6 heteroatoms. The van der Waals surface area contributed by atoms with Gasteiger partial charge in [0.2, 0.25) is 0 Å². The number of ether oxygens (including phenoxy) is 2. The number of hydrogen-bond donors (Lipinski definition) is 0. The Morgan fingerprint density at radius 2 is 1.96 bits per heavy atom. The van der Waals surface area contributed by atoms with E-state index in [0.717, 1.165) is 44.5 Å². The van der Waals surface area contributed by atoms with Crippen molar-refractivity contribution in [2.24, 2.45) is 0 Å². The first-order valence-electron chi connectivity index (χ1n) is 9.44. The van der Waals surface area contributed by atoms with Gasteiger partial charge in [0.25, 0.3) is 0 Å². The van der Waals surface area contributed by atoms with Crippen LogP contribution < -0.4 is 0 Å². The van der Waals surface area contributed by atoms with Crippen LogP contribution in [0.1, 0.15) is 38.2 Å². The predicted molar refractivity (Wildman–Crippen MR) is 97.7 cm³/mol. The molecular weight excluding hydrogens is 332 g/mol. The van der Waals surface area contributed by atoms with Crippen LogP contribution in [0.3, 0.4) is 0 Å². The number of piperidine rings is 1. The third kappa shape index (κ3) is 4.18. The fraction of sp³-hybridized carbons (Fsp3) is 0.600. The first kappa shape index (κ1) is 18.7. The van der Waals surface area contributed by atoms with Crippen LogP contribution in [0, 0.1) is 0 Å². The molecule has 2 saturated heterocycles. The van der Waals surface area contributed by atoms with Gasteiger partial charge < -0.3 is 19.3 Å². The minimum absolute atomic E-state index is 0.0220. The summed E-state index contributed by atoms with van der Waals surface area (Å²) in [6.45, 7) is 5.11. The van der Waals surface area contributed by atoms with E-state index in [4.69, 9.17) is 9.47 Å². The van der Waals surface area contributed by atoms with E-state index in [9.17, 15) is 9.59 Å². The van der Waals surface area contributed by atoms with Gasteiger partial charge in [-0.25, -0.2) is 4.79 Å². The molecule has 0 aromatic heterocycles. The molecule has 2 heterocycles. The Hall–Kier alpha value is -2.08. The lowest BCUT2D eigenvalue weighted by Gasteiger charge is -2.41. The van der Waals surface area contributed by atoms with Crippen LogP contribution in [-0.4, -0.2) is 61.2 Å². The van der Waals surface area contributed by atoms with Crippen LogP contribution in [0.25, 0.3) is 0 Å². The van der Waals surface area contributed by atoms with Gasteiger partial charge in [-0.2, -0.15) is 0 Å². The molecule has 3 rings (SSSR count).